The smallest absolute Gasteiger partial charge is 0.182 e. The lowest BCUT2D eigenvalue weighted by Crippen LogP contribution is -2.00. The summed E-state index contributed by atoms with van der Waals surface area (Å²) < 4.78 is 0. The van der Waals surface area contributed by atoms with E-state index >= 15 is 0 Å². The van der Waals surface area contributed by atoms with E-state index in [1.54, 1.807) is 6.20 Å². The van der Waals surface area contributed by atoms with Crippen LogP contribution < -0.4 is 0 Å². The van der Waals surface area contributed by atoms with Crippen molar-refractivity contribution in [1.29, 1.82) is 0 Å². The second kappa shape index (κ2) is 6.38. The van der Waals surface area contributed by atoms with Gasteiger partial charge in [-0.25, -0.2) is 4.98 Å². The molecule has 4 aromatic rings. The molecule has 24 heavy (non-hydrogen) atoms. The summed E-state index contributed by atoms with van der Waals surface area (Å²) in [6.07, 6.45) is 1.75. The quantitative estimate of drug-likeness (QED) is 0.567. The van der Waals surface area contributed by atoms with Crippen LogP contribution in [0.2, 0.25) is 0 Å². The van der Waals surface area contributed by atoms with E-state index in [0.717, 1.165) is 22.5 Å². The molecule has 0 aliphatic rings. The molecule has 0 aliphatic heterocycles. The lowest BCUT2D eigenvalue weighted by Gasteiger charge is -2.09. The molecule has 114 valence electrons. The zero-order valence-corrected chi connectivity index (χ0v) is 12.9. The molecule has 4 rings (SSSR count). The fourth-order valence-electron chi connectivity index (χ4n) is 2.51. The van der Waals surface area contributed by atoms with E-state index in [1.165, 1.54) is 0 Å². The van der Waals surface area contributed by atoms with Crippen molar-refractivity contribution in [1.82, 2.24) is 20.2 Å². The van der Waals surface area contributed by atoms with Crippen LogP contribution in [0, 0.1) is 0 Å². The molecule has 2 aromatic heterocycles. The van der Waals surface area contributed by atoms with Crippen LogP contribution in [0.5, 0.6) is 0 Å². The Morgan fingerprint density at radius 2 is 1.21 bits per heavy atom. The normalized spacial score (nSPS) is 10.5. The van der Waals surface area contributed by atoms with Crippen LogP contribution in [-0.4, -0.2) is 20.2 Å². The summed E-state index contributed by atoms with van der Waals surface area (Å²) in [6, 6.07) is 25.6. The minimum atomic E-state index is 0.606. The van der Waals surface area contributed by atoms with Crippen molar-refractivity contribution >= 4 is 0 Å². The molecule has 2 aromatic carbocycles. The summed E-state index contributed by atoms with van der Waals surface area (Å²) in [5.41, 5.74) is 4.15. The zero-order chi connectivity index (χ0) is 16.2. The molecule has 2 heterocycles. The van der Waals surface area contributed by atoms with Crippen LogP contribution >= 0.6 is 0 Å². The number of benzene rings is 2. The highest BCUT2D eigenvalue weighted by Gasteiger charge is 2.14. The Kier molecular flexibility index (Phi) is 3.78. The third kappa shape index (κ3) is 2.77. The van der Waals surface area contributed by atoms with Gasteiger partial charge < -0.3 is 0 Å². The summed E-state index contributed by atoms with van der Waals surface area (Å²) >= 11 is 0. The van der Waals surface area contributed by atoms with E-state index in [1.807, 2.05) is 78.9 Å². The first-order valence-corrected chi connectivity index (χ1v) is 7.69. The third-order valence-electron chi connectivity index (χ3n) is 3.67. The molecule has 0 aliphatic carbocycles. The van der Waals surface area contributed by atoms with E-state index in [9.17, 15) is 0 Å². The third-order valence-corrected chi connectivity index (χ3v) is 3.67. The highest BCUT2D eigenvalue weighted by atomic mass is 15.2. The van der Waals surface area contributed by atoms with Gasteiger partial charge in [0.25, 0.3) is 0 Å². The molecular formula is C20H14N4. The predicted octanol–water partition coefficient (Wildman–Crippen LogP) is 4.27. The predicted molar refractivity (Wildman–Crippen MR) is 93.9 cm³/mol. The Hall–Kier alpha value is -3.40. The molecule has 0 atom stereocenters. The molecule has 0 spiro atoms. The number of hydrogen-bond donors (Lipinski definition) is 0. The standard InChI is InChI=1S/C20H14N4/c1-3-9-15(10-4-1)18-19(17-13-7-8-14-21-17)23-24-20(22-18)16-11-5-2-6-12-16/h1-14H. The fraction of sp³-hybridized carbons (Fsp3) is 0. The van der Waals surface area contributed by atoms with Crippen LogP contribution in [0.15, 0.2) is 85.1 Å². The maximum atomic E-state index is 4.78. The SMILES string of the molecule is c1ccc(-c2nnc(-c3ccccn3)c(-c3ccccc3)n2)cc1. The highest BCUT2D eigenvalue weighted by molar-refractivity contribution is 5.76. The van der Waals surface area contributed by atoms with Gasteiger partial charge in [-0.3, -0.25) is 4.98 Å². The lowest BCUT2D eigenvalue weighted by molar-refractivity contribution is 0.985. The van der Waals surface area contributed by atoms with Gasteiger partial charge in [-0.2, -0.15) is 0 Å². The van der Waals surface area contributed by atoms with Gasteiger partial charge in [0.15, 0.2) is 5.82 Å². The minimum Gasteiger partial charge on any atom is -0.254 e. The van der Waals surface area contributed by atoms with Crippen molar-refractivity contribution in [2.24, 2.45) is 0 Å². The molecule has 4 heteroatoms. The van der Waals surface area contributed by atoms with E-state index < -0.39 is 0 Å². The summed E-state index contributed by atoms with van der Waals surface area (Å²) in [6.45, 7) is 0. The van der Waals surface area contributed by atoms with Crippen molar-refractivity contribution in [2.75, 3.05) is 0 Å². The zero-order valence-electron chi connectivity index (χ0n) is 12.9. The Morgan fingerprint density at radius 3 is 1.88 bits per heavy atom. The molecule has 0 fully saturated rings. The average Bonchev–Trinajstić information content (AvgIpc) is 2.69. The number of aromatic nitrogens is 4. The topological polar surface area (TPSA) is 51.6 Å². The number of nitrogens with zero attached hydrogens (tertiary/aromatic N) is 4. The highest BCUT2D eigenvalue weighted by Crippen LogP contribution is 2.28. The van der Waals surface area contributed by atoms with Gasteiger partial charge in [0, 0.05) is 17.3 Å². The van der Waals surface area contributed by atoms with Crippen LogP contribution in [0.4, 0.5) is 0 Å². The van der Waals surface area contributed by atoms with Crippen molar-refractivity contribution < 1.29 is 0 Å². The van der Waals surface area contributed by atoms with Gasteiger partial charge in [0.1, 0.15) is 11.4 Å². The molecule has 4 nitrogen and oxygen atoms in total. The van der Waals surface area contributed by atoms with E-state index in [4.69, 9.17) is 4.98 Å². The van der Waals surface area contributed by atoms with Gasteiger partial charge in [-0.05, 0) is 12.1 Å². The molecule has 0 unspecified atom stereocenters. The van der Waals surface area contributed by atoms with E-state index in [0.29, 0.717) is 11.5 Å². The summed E-state index contributed by atoms with van der Waals surface area (Å²) in [5, 5.41) is 8.74. The van der Waals surface area contributed by atoms with Crippen LogP contribution in [0.1, 0.15) is 0 Å². The first-order chi connectivity index (χ1) is 11.9. The summed E-state index contributed by atoms with van der Waals surface area (Å²) in [7, 11) is 0. The Morgan fingerprint density at radius 1 is 0.542 bits per heavy atom. The maximum Gasteiger partial charge on any atom is 0.182 e. The fourth-order valence-corrected chi connectivity index (χ4v) is 2.51. The second-order valence-electron chi connectivity index (χ2n) is 5.28. The number of hydrogen-bond acceptors (Lipinski definition) is 4. The van der Waals surface area contributed by atoms with Crippen LogP contribution in [-0.2, 0) is 0 Å². The average molecular weight is 310 g/mol. The molecule has 0 amide bonds. The monoisotopic (exact) mass is 310 g/mol. The number of rotatable bonds is 3. The Balaban J connectivity index is 1.92. The van der Waals surface area contributed by atoms with Gasteiger partial charge in [-0.15, -0.1) is 10.2 Å². The van der Waals surface area contributed by atoms with Crippen LogP contribution in [0.3, 0.4) is 0 Å². The molecule has 0 saturated heterocycles. The Bertz CT molecular complexity index is 939. The molecule has 0 bridgehead atoms. The largest absolute Gasteiger partial charge is 0.254 e. The van der Waals surface area contributed by atoms with E-state index in [2.05, 4.69) is 15.2 Å². The molecular weight excluding hydrogens is 296 g/mol. The van der Waals surface area contributed by atoms with Crippen molar-refractivity contribution in [3.05, 3.63) is 85.1 Å². The molecule has 0 radical (unpaired) electrons. The number of pyridine rings is 1. The first kappa shape index (κ1) is 14.2. The first-order valence-electron chi connectivity index (χ1n) is 7.69. The lowest BCUT2D eigenvalue weighted by atomic mass is 10.1. The Labute approximate surface area is 139 Å². The van der Waals surface area contributed by atoms with Gasteiger partial charge >= 0.3 is 0 Å². The molecule has 0 saturated carbocycles. The van der Waals surface area contributed by atoms with E-state index in [-0.39, 0.29) is 0 Å². The minimum absolute atomic E-state index is 0.606. The van der Waals surface area contributed by atoms with Gasteiger partial charge in [0.05, 0.1) is 5.69 Å². The summed E-state index contributed by atoms with van der Waals surface area (Å²) in [4.78, 5) is 9.17. The van der Waals surface area contributed by atoms with Crippen molar-refractivity contribution in [2.45, 2.75) is 0 Å². The summed E-state index contributed by atoms with van der Waals surface area (Å²) in [5.74, 6) is 0.606. The van der Waals surface area contributed by atoms with Crippen molar-refractivity contribution in [3.8, 4) is 34.0 Å². The maximum absolute atomic E-state index is 4.78. The second-order valence-corrected chi connectivity index (χ2v) is 5.28. The van der Waals surface area contributed by atoms with Gasteiger partial charge in [0.2, 0.25) is 0 Å². The van der Waals surface area contributed by atoms with Gasteiger partial charge in [-0.1, -0.05) is 66.7 Å². The molecule has 0 N–H and O–H groups in total. The van der Waals surface area contributed by atoms with Crippen molar-refractivity contribution in [3.63, 3.8) is 0 Å². The van der Waals surface area contributed by atoms with Crippen LogP contribution in [0.25, 0.3) is 34.0 Å².